The molecule has 2 unspecified atom stereocenters. The molecule has 1 N–H and O–H groups in total. The third kappa shape index (κ3) is 4.20. The maximum atomic E-state index is 5.37. The number of hydrogen-bond acceptors (Lipinski definition) is 3. The van der Waals surface area contributed by atoms with Crippen molar-refractivity contribution in [1.29, 1.82) is 0 Å². The molecule has 1 aliphatic rings. The molecule has 0 radical (unpaired) electrons. The standard InChI is InChI=1S/C11H23NOS/c1-9(8-14-3)12-10(2)11-4-6-13-7-5-11/h9-12H,4-8H2,1-3H3. The monoisotopic (exact) mass is 217 g/mol. The predicted molar refractivity (Wildman–Crippen MR) is 64.0 cm³/mol. The minimum absolute atomic E-state index is 0.628. The Hall–Kier alpha value is 0.270. The third-order valence-electron chi connectivity index (χ3n) is 2.94. The first-order valence-electron chi connectivity index (χ1n) is 5.56. The van der Waals surface area contributed by atoms with E-state index in [1.807, 2.05) is 11.8 Å². The molecule has 1 saturated heterocycles. The van der Waals surface area contributed by atoms with Crippen LogP contribution < -0.4 is 5.32 Å². The molecule has 84 valence electrons. The van der Waals surface area contributed by atoms with Gasteiger partial charge in [0, 0.05) is 31.1 Å². The minimum atomic E-state index is 0.628. The van der Waals surface area contributed by atoms with E-state index in [1.165, 1.54) is 18.6 Å². The molecule has 3 heteroatoms. The number of nitrogens with one attached hydrogen (secondary N) is 1. The van der Waals surface area contributed by atoms with E-state index in [-0.39, 0.29) is 0 Å². The van der Waals surface area contributed by atoms with Crippen molar-refractivity contribution in [3.63, 3.8) is 0 Å². The largest absolute Gasteiger partial charge is 0.381 e. The predicted octanol–water partition coefficient (Wildman–Crippen LogP) is 2.14. The Morgan fingerprint density at radius 1 is 1.36 bits per heavy atom. The average Bonchev–Trinajstić information content (AvgIpc) is 2.19. The molecule has 0 bridgehead atoms. The molecular formula is C11H23NOS. The van der Waals surface area contributed by atoms with Gasteiger partial charge in [0.2, 0.25) is 0 Å². The van der Waals surface area contributed by atoms with Crippen molar-refractivity contribution in [2.45, 2.75) is 38.8 Å². The fourth-order valence-corrected chi connectivity index (χ4v) is 2.70. The maximum absolute atomic E-state index is 5.37. The number of thioether (sulfide) groups is 1. The second kappa shape index (κ2) is 6.70. The van der Waals surface area contributed by atoms with E-state index in [2.05, 4.69) is 25.4 Å². The summed E-state index contributed by atoms with van der Waals surface area (Å²) in [4.78, 5) is 0. The van der Waals surface area contributed by atoms with Gasteiger partial charge >= 0.3 is 0 Å². The zero-order valence-corrected chi connectivity index (χ0v) is 10.4. The van der Waals surface area contributed by atoms with Crippen LogP contribution in [-0.2, 0) is 4.74 Å². The van der Waals surface area contributed by atoms with E-state index >= 15 is 0 Å². The van der Waals surface area contributed by atoms with Crippen molar-refractivity contribution in [2.75, 3.05) is 25.2 Å². The molecule has 2 atom stereocenters. The highest BCUT2D eigenvalue weighted by Crippen LogP contribution is 2.19. The lowest BCUT2D eigenvalue weighted by Crippen LogP contribution is -2.42. The summed E-state index contributed by atoms with van der Waals surface area (Å²) in [6.07, 6.45) is 4.61. The van der Waals surface area contributed by atoms with Crippen molar-refractivity contribution >= 4 is 11.8 Å². The van der Waals surface area contributed by atoms with Gasteiger partial charge in [0.25, 0.3) is 0 Å². The van der Waals surface area contributed by atoms with Crippen LogP contribution in [-0.4, -0.2) is 37.3 Å². The van der Waals surface area contributed by atoms with Gasteiger partial charge in [-0.05, 0) is 38.9 Å². The van der Waals surface area contributed by atoms with Gasteiger partial charge in [-0.2, -0.15) is 11.8 Å². The smallest absolute Gasteiger partial charge is 0.0469 e. The number of rotatable bonds is 5. The van der Waals surface area contributed by atoms with Gasteiger partial charge in [-0.15, -0.1) is 0 Å². The van der Waals surface area contributed by atoms with E-state index < -0.39 is 0 Å². The Morgan fingerprint density at radius 2 is 2.00 bits per heavy atom. The van der Waals surface area contributed by atoms with Crippen LogP contribution in [0.2, 0.25) is 0 Å². The summed E-state index contributed by atoms with van der Waals surface area (Å²) < 4.78 is 5.37. The Labute approximate surface area is 92.2 Å². The van der Waals surface area contributed by atoms with Crippen molar-refractivity contribution in [2.24, 2.45) is 5.92 Å². The third-order valence-corrected chi connectivity index (χ3v) is 3.77. The average molecular weight is 217 g/mol. The lowest BCUT2D eigenvalue weighted by atomic mass is 9.92. The highest BCUT2D eigenvalue weighted by Gasteiger charge is 2.21. The van der Waals surface area contributed by atoms with Crippen LogP contribution in [0.3, 0.4) is 0 Å². The quantitative estimate of drug-likeness (QED) is 0.762. The highest BCUT2D eigenvalue weighted by atomic mass is 32.2. The summed E-state index contributed by atoms with van der Waals surface area (Å²) in [6.45, 7) is 6.49. The minimum Gasteiger partial charge on any atom is -0.381 e. The Kier molecular flexibility index (Phi) is 5.90. The van der Waals surface area contributed by atoms with Crippen LogP contribution in [0.15, 0.2) is 0 Å². The fourth-order valence-electron chi connectivity index (χ4n) is 2.10. The van der Waals surface area contributed by atoms with Crippen molar-refractivity contribution in [1.82, 2.24) is 5.32 Å². The number of ether oxygens (including phenoxy) is 1. The first-order chi connectivity index (χ1) is 6.74. The van der Waals surface area contributed by atoms with Gasteiger partial charge in [0.15, 0.2) is 0 Å². The summed E-state index contributed by atoms with van der Waals surface area (Å²) >= 11 is 1.91. The topological polar surface area (TPSA) is 21.3 Å². The van der Waals surface area contributed by atoms with E-state index in [0.717, 1.165) is 19.1 Å². The van der Waals surface area contributed by atoms with Crippen molar-refractivity contribution in [3.05, 3.63) is 0 Å². The summed E-state index contributed by atoms with van der Waals surface area (Å²) in [7, 11) is 0. The lowest BCUT2D eigenvalue weighted by Gasteiger charge is -2.30. The Bertz CT molecular complexity index is 148. The Balaban J connectivity index is 2.21. The molecule has 1 rings (SSSR count). The van der Waals surface area contributed by atoms with Crippen LogP contribution in [0.5, 0.6) is 0 Å². The Morgan fingerprint density at radius 3 is 2.57 bits per heavy atom. The maximum Gasteiger partial charge on any atom is 0.0469 e. The molecule has 0 aromatic carbocycles. The van der Waals surface area contributed by atoms with E-state index in [0.29, 0.717) is 12.1 Å². The molecule has 0 amide bonds. The van der Waals surface area contributed by atoms with Crippen LogP contribution in [0.25, 0.3) is 0 Å². The molecular weight excluding hydrogens is 194 g/mol. The second-order valence-corrected chi connectivity index (χ2v) is 5.17. The molecule has 0 aromatic rings. The first kappa shape index (κ1) is 12.3. The summed E-state index contributed by atoms with van der Waals surface area (Å²) in [5.41, 5.74) is 0. The zero-order chi connectivity index (χ0) is 10.4. The molecule has 2 nitrogen and oxygen atoms in total. The normalized spacial score (nSPS) is 23.4. The van der Waals surface area contributed by atoms with Gasteiger partial charge in [-0.25, -0.2) is 0 Å². The van der Waals surface area contributed by atoms with E-state index in [9.17, 15) is 0 Å². The molecule has 0 aliphatic carbocycles. The molecule has 14 heavy (non-hydrogen) atoms. The summed E-state index contributed by atoms with van der Waals surface area (Å²) in [5.74, 6) is 2.01. The van der Waals surface area contributed by atoms with Gasteiger partial charge in [0.1, 0.15) is 0 Å². The number of hydrogen-bond donors (Lipinski definition) is 1. The molecule has 0 spiro atoms. The molecule has 1 heterocycles. The van der Waals surface area contributed by atoms with Gasteiger partial charge in [0.05, 0.1) is 0 Å². The summed E-state index contributed by atoms with van der Waals surface area (Å²) in [5, 5.41) is 3.67. The van der Waals surface area contributed by atoms with Gasteiger partial charge in [-0.1, -0.05) is 0 Å². The SMILES string of the molecule is CSCC(C)NC(C)C1CCOCC1. The van der Waals surface area contributed by atoms with Crippen LogP contribution in [0, 0.1) is 5.92 Å². The fraction of sp³-hybridized carbons (Fsp3) is 1.00. The summed E-state index contributed by atoms with van der Waals surface area (Å²) in [6, 6.07) is 1.27. The second-order valence-electron chi connectivity index (χ2n) is 4.26. The van der Waals surface area contributed by atoms with E-state index in [1.54, 1.807) is 0 Å². The molecule has 1 fully saturated rings. The lowest BCUT2D eigenvalue weighted by molar-refractivity contribution is 0.0550. The molecule has 0 aromatic heterocycles. The van der Waals surface area contributed by atoms with Crippen LogP contribution in [0.1, 0.15) is 26.7 Å². The van der Waals surface area contributed by atoms with Gasteiger partial charge in [-0.3, -0.25) is 0 Å². The van der Waals surface area contributed by atoms with Crippen molar-refractivity contribution in [3.8, 4) is 0 Å². The van der Waals surface area contributed by atoms with Crippen LogP contribution in [0.4, 0.5) is 0 Å². The van der Waals surface area contributed by atoms with Crippen LogP contribution >= 0.6 is 11.8 Å². The van der Waals surface area contributed by atoms with Gasteiger partial charge < -0.3 is 10.1 Å². The highest BCUT2D eigenvalue weighted by molar-refractivity contribution is 7.98. The van der Waals surface area contributed by atoms with Crippen molar-refractivity contribution < 1.29 is 4.74 Å². The molecule has 0 saturated carbocycles. The van der Waals surface area contributed by atoms with E-state index in [4.69, 9.17) is 4.74 Å². The first-order valence-corrected chi connectivity index (χ1v) is 6.96. The molecule has 1 aliphatic heterocycles. The zero-order valence-electron chi connectivity index (χ0n) is 9.58.